The predicted octanol–water partition coefficient (Wildman–Crippen LogP) is 1.42. The Hall–Kier alpha value is -0.0200. The smallest absolute Gasteiger partial charge is 0.116 e. The molecule has 0 unspecified atom stereocenters. The lowest BCUT2D eigenvalue weighted by Crippen LogP contribution is -1.53. The molecule has 2 nitrogen and oxygen atoms in total. The molecule has 0 aliphatic rings. The number of hydrogen-bond acceptors (Lipinski definition) is 3. The van der Waals surface area contributed by atoms with E-state index in [2.05, 4.69) is 0 Å². The van der Waals surface area contributed by atoms with Crippen molar-refractivity contribution in [2.75, 3.05) is 5.75 Å². The standard InChI is InChI=1S/C2H6OS.C2H4O/c1-2-4-3;1-2-3/h3H,2H2,1H3;2H,1H3. The average molecular weight is 122 g/mol. The van der Waals surface area contributed by atoms with Crippen molar-refractivity contribution in [1.29, 1.82) is 0 Å². The van der Waals surface area contributed by atoms with Gasteiger partial charge in [-0.1, -0.05) is 6.92 Å². The molecule has 0 rings (SSSR count). The van der Waals surface area contributed by atoms with E-state index in [9.17, 15) is 0 Å². The highest BCUT2D eigenvalue weighted by atomic mass is 32.2. The topological polar surface area (TPSA) is 37.3 Å². The number of aldehydes is 1. The van der Waals surface area contributed by atoms with Gasteiger partial charge in [0.05, 0.1) is 0 Å². The zero-order valence-corrected chi connectivity index (χ0v) is 5.36. The second kappa shape index (κ2) is 16.7. The second-order valence-electron chi connectivity index (χ2n) is 0.653. The van der Waals surface area contributed by atoms with E-state index in [0.29, 0.717) is 0 Å². The molecular weight excluding hydrogens is 112 g/mol. The van der Waals surface area contributed by atoms with Crippen molar-refractivity contribution in [1.82, 2.24) is 0 Å². The van der Waals surface area contributed by atoms with E-state index in [0.717, 1.165) is 24.1 Å². The van der Waals surface area contributed by atoms with Gasteiger partial charge in [0.2, 0.25) is 0 Å². The number of carbonyl (C=O) groups excluding carboxylic acids is 1. The number of carbonyl (C=O) groups is 1. The summed E-state index contributed by atoms with van der Waals surface area (Å²) in [4.78, 5) is 8.81. The Balaban J connectivity index is 0. The van der Waals surface area contributed by atoms with Crippen molar-refractivity contribution in [3.8, 4) is 0 Å². The van der Waals surface area contributed by atoms with Crippen LogP contribution < -0.4 is 0 Å². The summed E-state index contributed by atoms with van der Waals surface area (Å²) in [5.74, 6) is 0.792. The molecule has 0 fully saturated rings. The van der Waals surface area contributed by atoms with Crippen LogP contribution in [-0.2, 0) is 4.79 Å². The van der Waals surface area contributed by atoms with Crippen molar-refractivity contribution in [2.24, 2.45) is 0 Å². The maximum atomic E-state index is 8.81. The van der Waals surface area contributed by atoms with Gasteiger partial charge < -0.3 is 9.35 Å². The quantitative estimate of drug-likeness (QED) is 0.422. The molecule has 1 N–H and O–H groups in total. The van der Waals surface area contributed by atoms with E-state index >= 15 is 0 Å². The maximum absolute atomic E-state index is 8.81. The fourth-order valence-corrected chi connectivity index (χ4v) is 0. The molecule has 0 amide bonds. The fraction of sp³-hybridized carbons (Fsp3) is 0.750. The summed E-state index contributed by atoms with van der Waals surface area (Å²) >= 11 is 0.856. The van der Waals surface area contributed by atoms with E-state index in [1.165, 1.54) is 6.92 Å². The van der Waals surface area contributed by atoms with E-state index in [-0.39, 0.29) is 0 Å². The minimum atomic E-state index is 0.750. The third-order valence-electron chi connectivity index (χ3n) is 0.129. The maximum Gasteiger partial charge on any atom is 0.116 e. The van der Waals surface area contributed by atoms with E-state index in [1.54, 1.807) is 0 Å². The third kappa shape index (κ3) is 98.6. The van der Waals surface area contributed by atoms with Crippen LogP contribution in [0.5, 0.6) is 0 Å². The van der Waals surface area contributed by atoms with Crippen LogP contribution >= 0.6 is 12.0 Å². The molecule has 0 saturated carbocycles. The zero-order valence-electron chi connectivity index (χ0n) is 4.55. The van der Waals surface area contributed by atoms with Crippen molar-refractivity contribution in [3.63, 3.8) is 0 Å². The van der Waals surface area contributed by atoms with Crippen molar-refractivity contribution >= 4 is 18.3 Å². The van der Waals surface area contributed by atoms with Crippen LogP contribution in [0.1, 0.15) is 13.8 Å². The van der Waals surface area contributed by atoms with Gasteiger partial charge in [-0.15, -0.1) is 0 Å². The van der Waals surface area contributed by atoms with Crippen molar-refractivity contribution in [2.45, 2.75) is 13.8 Å². The molecule has 0 spiro atoms. The first kappa shape index (κ1) is 10.1. The lowest BCUT2D eigenvalue weighted by molar-refractivity contribution is -0.106. The van der Waals surface area contributed by atoms with Gasteiger partial charge in [0.1, 0.15) is 6.29 Å². The molecule has 0 aliphatic carbocycles. The predicted molar refractivity (Wildman–Crippen MR) is 32.5 cm³/mol. The number of rotatable bonds is 1. The molecule has 0 radical (unpaired) electrons. The Labute approximate surface area is 48.1 Å². The van der Waals surface area contributed by atoms with Crippen molar-refractivity contribution in [3.05, 3.63) is 0 Å². The van der Waals surface area contributed by atoms with E-state index in [4.69, 9.17) is 9.35 Å². The minimum Gasteiger partial charge on any atom is -0.330 e. The summed E-state index contributed by atoms with van der Waals surface area (Å²) in [6, 6.07) is 0. The van der Waals surface area contributed by atoms with Crippen LogP contribution in [0.3, 0.4) is 0 Å². The molecule has 0 bridgehead atoms. The van der Waals surface area contributed by atoms with Gasteiger partial charge in [-0.3, -0.25) is 0 Å². The Morgan fingerprint density at radius 1 is 1.86 bits per heavy atom. The molecule has 0 aromatic heterocycles. The van der Waals surface area contributed by atoms with E-state index in [1.807, 2.05) is 6.92 Å². The highest BCUT2D eigenvalue weighted by molar-refractivity contribution is 7.93. The van der Waals surface area contributed by atoms with Crippen LogP contribution in [0, 0.1) is 0 Å². The van der Waals surface area contributed by atoms with Crippen LogP contribution in [0.15, 0.2) is 0 Å². The first-order chi connectivity index (χ1) is 3.33. The normalized spacial score (nSPS) is 6.14. The van der Waals surface area contributed by atoms with Crippen molar-refractivity contribution < 1.29 is 9.35 Å². The molecular formula is C4H10O2S. The first-order valence-electron chi connectivity index (χ1n) is 1.99. The first-order valence-corrected chi connectivity index (χ1v) is 2.93. The molecule has 44 valence electrons. The van der Waals surface area contributed by atoms with Gasteiger partial charge in [-0.05, 0) is 19.0 Å². The molecule has 7 heavy (non-hydrogen) atoms. The summed E-state index contributed by atoms with van der Waals surface area (Å²) in [7, 11) is 0. The third-order valence-corrected chi connectivity index (χ3v) is 0.387. The molecule has 0 heterocycles. The minimum absolute atomic E-state index is 0.750. The summed E-state index contributed by atoms with van der Waals surface area (Å²) in [5, 5.41) is 0. The molecule has 0 aromatic carbocycles. The molecule has 0 aliphatic heterocycles. The number of hydrogen-bond donors (Lipinski definition) is 1. The van der Waals surface area contributed by atoms with Crippen LogP contribution in [-0.4, -0.2) is 16.6 Å². The van der Waals surface area contributed by atoms with Gasteiger partial charge >= 0.3 is 0 Å². The molecule has 0 saturated heterocycles. The van der Waals surface area contributed by atoms with Crippen LogP contribution in [0.4, 0.5) is 0 Å². The summed E-state index contributed by atoms with van der Waals surface area (Å²) in [6.45, 7) is 3.34. The largest absolute Gasteiger partial charge is 0.330 e. The lowest BCUT2D eigenvalue weighted by atomic mass is 11.0. The van der Waals surface area contributed by atoms with Gasteiger partial charge in [0, 0.05) is 5.75 Å². The van der Waals surface area contributed by atoms with Crippen LogP contribution in [0.25, 0.3) is 0 Å². The lowest BCUT2D eigenvalue weighted by Gasteiger charge is -1.68. The Morgan fingerprint density at radius 3 is 2.00 bits per heavy atom. The van der Waals surface area contributed by atoms with Gasteiger partial charge in [-0.2, -0.15) is 0 Å². The average Bonchev–Trinajstić information content (AvgIpc) is 1.69. The Morgan fingerprint density at radius 2 is 2.00 bits per heavy atom. The molecule has 0 atom stereocenters. The Bertz CT molecular complexity index is 28.9. The monoisotopic (exact) mass is 122 g/mol. The summed E-state index contributed by atoms with van der Waals surface area (Å²) < 4.78 is 7.79. The fourth-order valence-electron chi connectivity index (χ4n) is 0. The molecule has 3 heteroatoms. The van der Waals surface area contributed by atoms with Gasteiger partial charge in [0.25, 0.3) is 0 Å². The summed E-state index contributed by atoms with van der Waals surface area (Å²) in [6.07, 6.45) is 0.750. The molecule has 0 aromatic rings. The van der Waals surface area contributed by atoms with Gasteiger partial charge in [-0.25, -0.2) is 0 Å². The highest BCUT2D eigenvalue weighted by Crippen LogP contribution is 1.82. The highest BCUT2D eigenvalue weighted by Gasteiger charge is 1.57. The summed E-state index contributed by atoms with van der Waals surface area (Å²) in [5.41, 5.74) is 0. The van der Waals surface area contributed by atoms with Gasteiger partial charge in [0.15, 0.2) is 0 Å². The zero-order chi connectivity index (χ0) is 6.12. The van der Waals surface area contributed by atoms with Crippen LogP contribution in [0.2, 0.25) is 0 Å². The van der Waals surface area contributed by atoms with E-state index < -0.39 is 0 Å². The SMILES string of the molecule is CC=O.CCSO. The Kier molecular flexibility index (Phi) is 24.0. The second-order valence-corrected chi connectivity index (χ2v) is 1.49.